The normalized spacial score (nSPS) is 26.7. The van der Waals surface area contributed by atoms with Crippen LogP contribution >= 0.6 is 0 Å². The molecular weight excluding hydrogens is 362 g/mol. The van der Waals surface area contributed by atoms with Crippen molar-refractivity contribution in [1.29, 1.82) is 0 Å². The molecule has 2 bridgehead atoms. The van der Waals surface area contributed by atoms with Crippen LogP contribution in [0.5, 0.6) is 5.88 Å². The summed E-state index contributed by atoms with van der Waals surface area (Å²) in [6, 6.07) is 1.47. The molecule has 2 aliphatic heterocycles. The van der Waals surface area contributed by atoms with Gasteiger partial charge in [0.05, 0.1) is 12.8 Å². The Morgan fingerprint density at radius 3 is 2.46 bits per heavy atom. The lowest BCUT2D eigenvalue weighted by Crippen LogP contribution is -2.50. The molecule has 2 N–H and O–H groups in total. The number of ether oxygens (including phenoxy) is 1. The van der Waals surface area contributed by atoms with Gasteiger partial charge in [-0.25, -0.2) is 14.6 Å². The molecule has 4 atom stereocenters. The summed E-state index contributed by atoms with van der Waals surface area (Å²) < 4.78 is 5.92. The fraction of sp³-hybridized carbons (Fsp3) is 0.600. The van der Waals surface area contributed by atoms with Crippen LogP contribution in [-0.4, -0.2) is 62.8 Å². The molecule has 0 saturated carbocycles. The Hall–Kier alpha value is -2.48. The highest BCUT2D eigenvalue weighted by Gasteiger charge is 2.46. The van der Waals surface area contributed by atoms with Gasteiger partial charge >= 0.3 is 11.9 Å². The van der Waals surface area contributed by atoms with Crippen LogP contribution in [0.2, 0.25) is 0 Å². The molecule has 1 aromatic heterocycles. The Morgan fingerprint density at radius 1 is 1.25 bits per heavy atom. The van der Waals surface area contributed by atoms with E-state index in [4.69, 9.17) is 14.9 Å². The molecule has 0 aliphatic carbocycles. The molecule has 0 radical (unpaired) electrons. The summed E-state index contributed by atoms with van der Waals surface area (Å²) in [5.74, 6) is 0.237. The van der Waals surface area contributed by atoms with Gasteiger partial charge in [-0.05, 0) is 38.1 Å². The molecule has 3 rings (SSSR count). The van der Waals surface area contributed by atoms with Crippen molar-refractivity contribution < 1.29 is 24.5 Å². The number of nitrogens with zero attached hydrogens (tertiary/aromatic N) is 3. The highest BCUT2D eigenvalue weighted by molar-refractivity contribution is 5.89. The van der Waals surface area contributed by atoms with E-state index >= 15 is 0 Å². The molecule has 154 valence electrons. The van der Waals surface area contributed by atoms with Gasteiger partial charge in [-0.3, -0.25) is 4.98 Å². The van der Waals surface area contributed by atoms with Crippen LogP contribution in [0.25, 0.3) is 0 Å². The first-order chi connectivity index (χ1) is 13.3. The smallest absolute Gasteiger partial charge is 0.328 e. The average Bonchev–Trinajstić information content (AvgIpc) is 2.89. The van der Waals surface area contributed by atoms with E-state index in [0.717, 1.165) is 24.5 Å². The summed E-state index contributed by atoms with van der Waals surface area (Å²) in [6.07, 6.45) is 10.2. The van der Waals surface area contributed by atoms with Gasteiger partial charge in [0.15, 0.2) is 0 Å². The Kier molecular flexibility index (Phi) is 7.92. The lowest BCUT2D eigenvalue weighted by Gasteiger charge is -2.44. The second-order valence-corrected chi connectivity index (χ2v) is 7.64. The van der Waals surface area contributed by atoms with E-state index in [1.807, 2.05) is 0 Å². The van der Waals surface area contributed by atoms with Gasteiger partial charge in [-0.1, -0.05) is 13.8 Å². The van der Waals surface area contributed by atoms with Gasteiger partial charge in [-0.2, -0.15) is 0 Å². The first-order valence-corrected chi connectivity index (χ1v) is 9.54. The van der Waals surface area contributed by atoms with E-state index in [9.17, 15) is 9.59 Å². The monoisotopic (exact) mass is 391 g/mol. The standard InChI is InChI=1S/C16H25N3O.C4H4O4/c1-11(2)13-8-12-4-5-15(19(12)3)14(13)10-20-16-9-17-6-7-18-16;5-3(6)1-2-4(7)8/h6-7,9,11-15H,4-5,8,10H2,1-3H3;1-2H,(H,5,6)(H,7,8)/b;2-1+/t12?,13-,14+,15?;/m0./s1. The third-order valence-electron chi connectivity index (χ3n) is 5.67. The van der Waals surface area contributed by atoms with Gasteiger partial charge in [0.1, 0.15) is 0 Å². The zero-order chi connectivity index (χ0) is 20.7. The van der Waals surface area contributed by atoms with E-state index in [0.29, 0.717) is 30.0 Å². The zero-order valence-corrected chi connectivity index (χ0v) is 16.6. The van der Waals surface area contributed by atoms with Crippen molar-refractivity contribution in [1.82, 2.24) is 14.9 Å². The molecule has 28 heavy (non-hydrogen) atoms. The van der Waals surface area contributed by atoms with Crippen LogP contribution in [0, 0.1) is 17.8 Å². The number of aliphatic carboxylic acids is 2. The number of rotatable bonds is 6. The van der Waals surface area contributed by atoms with Crippen LogP contribution < -0.4 is 4.74 Å². The molecule has 0 amide bonds. The first kappa shape index (κ1) is 21.8. The van der Waals surface area contributed by atoms with Crippen LogP contribution in [0.3, 0.4) is 0 Å². The minimum Gasteiger partial charge on any atom is -0.478 e. The van der Waals surface area contributed by atoms with Gasteiger partial charge in [0.25, 0.3) is 0 Å². The number of carboxylic acid groups (broad SMARTS) is 2. The lowest BCUT2D eigenvalue weighted by molar-refractivity contribution is -0.134. The topological polar surface area (TPSA) is 113 Å². The molecule has 8 heteroatoms. The fourth-order valence-corrected chi connectivity index (χ4v) is 4.30. The third kappa shape index (κ3) is 6.02. The highest BCUT2D eigenvalue weighted by Crippen LogP contribution is 2.44. The van der Waals surface area contributed by atoms with E-state index in [-0.39, 0.29) is 0 Å². The quantitative estimate of drug-likeness (QED) is 0.711. The minimum atomic E-state index is -1.26. The number of carbonyl (C=O) groups is 2. The van der Waals surface area contributed by atoms with Crippen molar-refractivity contribution >= 4 is 11.9 Å². The maximum absolute atomic E-state index is 9.55. The Bertz CT molecular complexity index is 664. The molecule has 8 nitrogen and oxygen atoms in total. The molecule has 2 aliphatic rings. The van der Waals surface area contributed by atoms with Crippen molar-refractivity contribution in [3.05, 3.63) is 30.7 Å². The number of piperidine rings is 1. The minimum absolute atomic E-state index is 0.558. The zero-order valence-electron chi connectivity index (χ0n) is 16.6. The second kappa shape index (κ2) is 10.2. The maximum atomic E-state index is 9.55. The molecule has 0 spiro atoms. The largest absolute Gasteiger partial charge is 0.478 e. The van der Waals surface area contributed by atoms with Gasteiger partial charge in [0, 0.05) is 42.5 Å². The molecule has 2 fully saturated rings. The summed E-state index contributed by atoms with van der Waals surface area (Å²) in [7, 11) is 2.29. The molecular formula is C20H29N3O5. The number of hydrogen-bond donors (Lipinski definition) is 2. The predicted octanol–water partition coefficient (Wildman–Crippen LogP) is 2.32. The van der Waals surface area contributed by atoms with Crippen molar-refractivity contribution in [2.75, 3.05) is 13.7 Å². The van der Waals surface area contributed by atoms with E-state index in [1.165, 1.54) is 19.3 Å². The van der Waals surface area contributed by atoms with Gasteiger partial charge in [-0.15, -0.1) is 0 Å². The average molecular weight is 391 g/mol. The van der Waals surface area contributed by atoms with E-state index in [2.05, 4.69) is 35.8 Å². The number of carboxylic acids is 2. The Labute approximate surface area is 165 Å². The summed E-state index contributed by atoms with van der Waals surface area (Å²) in [5, 5.41) is 15.6. The Balaban J connectivity index is 0.000000300. The van der Waals surface area contributed by atoms with Gasteiger partial charge < -0.3 is 19.8 Å². The van der Waals surface area contributed by atoms with Crippen molar-refractivity contribution in [3.63, 3.8) is 0 Å². The van der Waals surface area contributed by atoms with Crippen molar-refractivity contribution in [2.24, 2.45) is 17.8 Å². The van der Waals surface area contributed by atoms with Crippen LogP contribution in [0.4, 0.5) is 0 Å². The lowest BCUT2D eigenvalue weighted by atomic mass is 9.74. The van der Waals surface area contributed by atoms with Crippen molar-refractivity contribution in [2.45, 2.75) is 45.2 Å². The summed E-state index contributed by atoms with van der Waals surface area (Å²) in [5.41, 5.74) is 0. The molecule has 2 unspecified atom stereocenters. The summed E-state index contributed by atoms with van der Waals surface area (Å²) in [4.78, 5) is 30.0. The number of fused-ring (bicyclic) bond motifs is 2. The van der Waals surface area contributed by atoms with Crippen LogP contribution in [-0.2, 0) is 9.59 Å². The fourth-order valence-electron chi connectivity index (χ4n) is 4.30. The van der Waals surface area contributed by atoms with E-state index in [1.54, 1.807) is 18.6 Å². The van der Waals surface area contributed by atoms with E-state index < -0.39 is 11.9 Å². The van der Waals surface area contributed by atoms with Gasteiger partial charge in [0.2, 0.25) is 5.88 Å². The van der Waals surface area contributed by atoms with Crippen LogP contribution in [0.1, 0.15) is 33.1 Å². The Morgan fingerprint density at radius 2 is 1.93 bits per heavy atom. The molecule has 0 aromatic carbocycles. The first-order valence-electron chi connectivity index (χ1n) is 9.54. The number of hydrogen-bond acceptors (Lipinski definition) is 6. The summed E-state index contributed by atoms with van der Waals surface area (Å²) >= 11 is 0. The second-order valence-electron chi connectivity index (χ2n) is 7.64. The number of aromatic nitrogens is 2. The van der Waals surface area contributed by atoms with Crippen LogP contribution in [0.15, 0.2) is 30.7 Å². The summed E-state index contributed by atoms with van der Waals surface area (Å²) in [6.45, 7) is 5.47. The molecule has 1 aromatic rings. The third-order valence-corrected chi connectivity index (χ3v) is 5.67. The predicted molar refractivity (Wildman–Crippen MR) is 103 cm³/mol. The maximum Gasteiger partial charge on any atom is 0.328 e. The highest BCUT2D eigenvalue weighted by atomic mass is 16.5. The molecule has 2 saturated heterocycles. The SMILES string of the molecule is CC(C)[C@@H]1CC2CCC([C@@H]1COc1cnccn1)N2C.O=C(O)/C=C/C(=O)O. The van der Waals surface area contributed by atoms with Crippen molar-refractivity contribution in [3.8, 4) is 5.88 Å². The molecule has 3 heterocycles.